The molecule has 3 aromatic rings. The van der Waals surface area contributed by atoms with Gasteiger partial charge in [0.1, 0.15) is 10.8 Å². The molecule has 26 heavy (non-hydrogen) atoms. The summed E-state index contributed by atoms with van der Waals surface area (Å²) in [6.45, 7) is 0.490. The number of amides is 1. The fraction of sp³-hybridized carbons (Fsp3) is 0.200. The molecule has 0 N–H and O–H groups in total. The Morgan fingerprint density at radius 2 is 1.92 bits per heavy atom. The molecule has 0 fully saturated rings. The standard InChI is InChI=1S/C20H19ClN2O2S/c1-23(12-14-7-3-6-10-18(14)25-2)19(24)11-15-13-26-20(22-15)16-8-4-5-9-17(16)21/h3-10,13H,11-12H2,1-2H3. The maximum atomic E-state index is 12.6. The van der Waals surface area contributed by atoms with Crippen molar-refractivity contribution in [3.63, 3.8) is 0 Å². The lowest BCUT2D eigenvalue weighted by atomic mass is 10.2. The minimum atomic E-state index is 0.00640. The van der Waals surface area contributed by atoms with Crippen LogP contribution in [-0.2, 0) is 17.8 Å². The molecule has 6 heteroatoms. The molecule has 1 amide bonds. The van der Waals surface area contributed by atoms with E-state index in [1.165, 1.54) is 11.3 Å². The average Bonchev–Trinajstić information content (AvgIpc) is 3.10. The highest BCUT2D eigenvalue weighted by molar-refractivity contribution is 7.13. The molecule has 0 aliphatic heterocycles. The van der Waals surface area contributed by atoms with Gasteiger partial charge in [-0.2, -0.15) is 0 Å². The second-order valence-corrected chi connectivity index (χ2v) is 7.13. The van der Waals surface area contributed by atoms with Gasteiger partial charge in [0, 0.05) is 30.1 Å². The van der Waals surface area contributed by atoms with Crippen molar-refractivity contribution >= 4 is 28.8 Å². The number of carbonyl (C=O) groups excluding carboxylic acids is 1. The number of hydrogen-bond acceptors (Lipinski definition) is 4. The topological polar surface area (TPSA) is 42.4 Å². The van der Waals surface area contributed by atoms with Gasteiger partial charge in [-0.25, -0.2) is 4.98 Å². The second-order valence-electron chi connectivity index (χ2n) is 5.86. The zero-order chi connectivity index (χ0) is 18.5. The van der Waals surface area contributed by atoms with E-state index in [0.717, 1.165) is 27.6 Å². The smallest absolute Gasteiger partial charge is 0.228 e. The van der Waals surface area contributed by atoms with Crippen LogP contribution in [0.15, 0.2) is 53.9 Å². The fourth-order valence-electron chi connectivity index (χ4n) is 2.61. The maximum absolute atomic E-state index is 12.6. The van der Waals surface area contributed by atoms with Gasteiger partial charge in [-0.1, -0.05) is 48.0 Å². The summed E-state index contributed by atoms with van der Waals surface area (Å²) < 4.78 is 5.35. The normalized spacial score (nSPS) is 10.6. The van der Waals surface area contributed by atoms with E-state index >= 15 is 0 Å². The third-order valence-electron chi connectivity index (χ3n) is 4.01. The van der Waals surface area contributed by atoms with Gasteiger partial charge in [-0.15, -0.1) is 11.3 Å². The predicted octanol–water partition coefficient (Wildman–Crippen LogP) is 4.67. The van der Waals surface area contributed by atoms with E-state index < -0.39 is 0 Å². The van der Waals surface area contributed by atoms with Crippen LogP contribution in [0.5, 0.6) is 5.75 Å². The van der Waals surface area contributed by atoms with Crippen LogP contribution in [0.4, 0.5) is 0 Å². The van der Waals surface area contributed by atoms with Gasteiger partial charge in [0.2, 0.25) is 5.91 Å². The molecule has 0 saturated heterocycles. The number of hydrogen-bond donors (Lipinski definition) is 0. The highest BCUT2D eigenvalue weighted by Crippen LogP contribution is 2.30. The van der Waals surface area contributed by atoms with Crippen LogP contribution in [0.1, 0.15) is 11.3 Å². The van der Waals surface area contributed by atoms with E-state index in [2.05, 4.69) is 4.98 Å². The monoisotopic (exact) mass is 386 g/mol. The summed E-state index contributed by atoms with van der Waals surface area (Å²) in [5.41, 5.74) is 2.61. The molecule has 0 atom stereocenters. The first-order valence-corrected chi connectivity index (χ1v) is 9.39. The number of methoxy groups -OCH3 is 1. The van der Waals surface area contributed by atoms with Gasteiger partial charge in [0.25, 0.3) is 0 Å². The maximum Gasteiger partial charge on any atom is 0.228 e. The minimum absolute atomic E-state index is 0.00640. The van der Waals surface area contributed by atoms with Crippen LogP contribution >= 0.6 is 22.9 Å². The molecule has 0 bridgehead atoms. The molecule has 2 aromatic carbocycles. The van der Waals surface area contributed by atoms with Gasteiger partial charge in [-0.05, 0) is 12.1 Å². The van der Waals surface area contributed by atoms with E-state index in [1.807, 2.05) is 53.9 Å². The van der Waals surface area contributed by atoms with E-state index in [0.29, 0.717) is 11.6 Å². The Kier molecular flexibility index (Phi) is 5.91. The lowest BCUT2D eigenvalue weighted by molar-refractivity contribution is -0.129. The first-order valence-electron chi connectivity index (χ1n) is 8.13. The van der Waals surface area contributed by atoms with Crippen LogP contribution in [0.25, 0.3) is 10.6 Å². The number of likely N-dealkylation sites (N-methyl/N-ethyl adjacent to an activating group) is 1. The summed E-state index contributed by atoms with van der Waals surface area (Å²) in [5.74, 6) is 0.786. The summed E-state index contributed by atoms with van der Waals surface area (Å²) in [4.78, 5) is 18.8. The Labute approximate surface area is 162 Å². The first kappa shape index (κ1) is 18.4. The van der Waals surface area contributed by atoms with E-state index in [9.17, 15) is 4.79 Å². The van der Waals surface area contributed by atoms with Crippen molar-refractivity contribution < 1.29 is 9.53 Å². The molecule has 0 spiro atoms. The SMILES string of the molecule is COc1ccccc1CN(C)C(=O)Cc1csc(-c2ccccc2Cl)n1. The van der Waals surface area contributed by atoms with E-state index in [-0.39, 0.29) is 12.3 Å². The van der Waals surface area contributed by atoms with Crippen molar-refractivity contribution in [2.75, 3.05) is 14.2 Å². The first-order chi connectivity index (χ1) is 12.6. The van der Waals surface area contributed by atoms with Crippen LogP contribution in [0, 0.1) is 0 Å². The molecule has 3 rings (SSSR count). The molecule has 4 nitrogen and oxygen atoms in total. The Balaban J connectivity index is 1.67. The number of carbonyl (C=O) groups is 1. The van der Waals surface area contributed by atoms with Gasteiger partial charge >= 0.3 is 0 Å². The van der Waals surface area contributed by atoms with Gasteiger partial charge in [-0.3, -0.25) is 4.79 Å². The number of aromatic nitrogens is 1. The van der Waals surface area contributed by atoms with Crippen molar-refractivity contribution in [2.24, 2.45) is 0 Å². The lowest BCUT2D eigenvalue weighted by Crippen LogP contribution is -2.28. The number of benzene rings is 2. The summed E-state index contributed by atoms with van der Waals surface area (Å²) in [6, 6.07) is 15.3. The van der Waals surface area contributed by atoms with Crippen LogP contribution in [0.2, 0.25) is 5.02 Å². The molecule has 0 radical (unpaired) electrons. The number of ether oxygens (including phenoxy) is 1. The van der Waals surface area contributed by atoms with Crippen LogP contribution in [0.3, 0.4) is 0 Å². The molecule has 0 aliphatic carbocycles. The van der Waals surface area contributed by atoms with Gasteiger partial charge in [0.15, 0.2) is 0 Å². The summed E-state index contributed by atoms with van der Waals surface area (Å²) in [7, 11) is 3.42. The highest BCUT2D eigenvalue weighted by Gasteiger charge is 2.15. The number of halogens is 1. The molecule has 0 saturated carbocycles. The molecular weight excluding hydrogens is 368 g/mol. The van der Waals surface area contributed by atoms with Crippen molar-refractivity contribution in [3.8, 4) is 16.3 Å². The molecule has 0 unspecified atom stereocenters. The van der Waals surface area contributed by atoms with Crippen molar-refractivity contribution in [3.05, 3.63) is 70.2 Å². The quantitative estimate of drug-likeness (QED) is 0.618. The zero-order valence-electron chi connectivity index (χ0n) is 14.6. The summed E-state index contributed by atoms with van der Waals surface area (Å²) in [5, 5.41) is 3.40. The second kappa shape index (κ2) is 8.34. The van der Waals surface area contributed by atoms with Crippen molar-refractivity contribution in [1.29, 1.82) is 0 Å². The number of rotatable bonds is 6. The van der Waals surface area contributed by atoms with E-state index in [1.54, 1.807) is 19.1 Å². The van der Waals surface area contributed by atoms with Gasteiger partial charge < -0.3 is 9.64 Å². The molecule has 134 valence electrons. The minimum Gasteiger partial charge on any atom is -0.496 e. The molecular formula is C20H19ClN2O2S. The van der Waals surface area contributed by atoms with Crippen LogP contribution in [-0.4, -0.2) is 29.9 Å². The van der Waals surface area contributed by atoms with Gasteiger partial charge in [0.05, 0.1) is 24.2 Å². The lowest BCUT2D eigenvalue weighted by Gasteiger charge is -2.18. The predicted molar refractivity (Wildman–Crippen MR) is 106 cm³/mol. The molecule has 1 aromatic heterocycles. The molecule has 0 aliphatic rings. The van der Waals surface area contributed by atoms with E-state index in [4.69, 9.17) is 16.3 Å². The highest BCUT2D eigenvalue weighted by atomic mass is 35.5. The Hall–Kier alpha value is -2.37. The van der Waals surface area contributed by atoms with Crippen LogP contribution < -0.4 is 4.74 Å². The summed E-state index contributed by atoms with van der Waals surface area (Å²) >= 11 is 7.72. The fourth-order valence-corrected chi connectivity index (χ4v) is 3.75. The Bertz CT molecular complexity index is 910. The largest absolute Gasteiger partial charge is 0.496 e. The van der Waals surface area contributed by atoms with Crippen molar-refractivity contribution in [1.82, 2.24) is 9.88 Å². The number of thiazole rings is 1. The third kappa shape index (κ3) is 4.23. The number of nitrogens with zero attached hydrogens (tertiary/aromatic N) is 2. The third-order valence-corrected chi connectivity index (χ3v) is 5.27. The number of para-hydroxylation sites is 1. The molecule has 1 heterocycles. The summed E-state index contributed by atoms with van der Waals surface area (Å²) in [6.07, 6.45) is 0.257. The zero-order valence-corrected chi connectivity index (χ0v) is 16.2. The Morgan fingerprint density at radius 1 is 1.19 bits per heavy atom. The van der Waals surface area contributed by atoms with Crippen molar-refractivity contribution in [2.45, 2.75) is 13.0 Å². The Morgan fingerprint density at radius 3 is 2.69 bits per heavy atom. The average molecular weight is 387 g/mol.